The van der Waals surface area contributed by atoms with Crippen LogP contribution in [-0.2, 0) is 11.2 Å². The van der Waals surface area contributed by atoms with E-state index in [0.29, 0.717) is 29.9 Å². The Morgan fingerprint density at radius 3 is 3.00 bits per heavy atom. The first-order valence-corrected chi connectivity index (χ1v) is 7.16. The number of nitrogens with one attached hydrogen (secondary N) is 2. The standard InChI is InChI=1S/C16H15FN2O4/c17-11-7-12-9(3-4-15(21)19-12)6-10(11)16(22)18-8-13(20)14-2-1-5-23-14/h1-2,5-7,13,20H,3-4,8H2,(H,18,22)(H,19,21). The number of aliphatic hydroxyl groups is 1. The molecule has 0 bridgehead atoms. The highest BCUT2D eigenvalue weighted by Gasteiger charge is 2.21. The van der Waals surface area contributed by atoms with Crippen molar-refractivity contribution in [3.8, 4) is 0 Å². The molecule has 0 radical (unpaired) electrons. The number of carbonyl (C=O) groups excluding carboxylic acids is 2. The number of hydrogen-bond acceptors (Lipinski definition) is 4. The highest BCUT2D eigenvalue weighted by atomic mass is 19.1. The van der Waals surface area contributed by atoms with Gasteiger partial charge in [0.25, 0.3) is 5.91 Å². The van der Waals surface area contributed by atoms with E-state index in [9.17, 15) is 19.1 Å². The summed E-state index contributed by atoms with van der Waals surface area (Å²) in [7, 11) is 0. The molecule has 0 spiro atoms. The molecule has 2 amide bonds. The van der Waals surface area contributed by atoms with Gasteiger partial charge in [0, 0.05) is 12.1 Å². The molecule has 0 fully saturated rings. The zero-order valence-electron chi connectivity index (χ0n) is 12.1. The number of rotatable bonds is 4. The van der Waals surface area contributed by atoms with E-state index in [0.717, 1.165) is 6.07 Å². The van der Waals surface area contributed by atoms with Gasteiger partial charge >= 0.3 is 0 Å². The SMILES string of the molecule is O=C1CCc2cc(C(=O)NCC(O)c3ccco3)c(F)cc2N1. The predicted molar refractivity (Wildman–Crippen MR) is 79.4 cm³/mol. The third-order valence-corrected chi connectivity index (χ3v) is 3.66. The summed E-state index contributed by atoms with van der Waals surface area (Å²) in [5.74, 6) is -1.21. The van der Waals surface area contributed by atoms with Gasteiger partial charge in [-0.2, -0.15) is 0 Å². The molecular weight excluding hydrogens is 303 g/mol. The Bertz CT molecular complexity index is 743. The second kappa shape index (κ2) is 6.21. The molecule has 3 N–H and O–H groups in total. The van der Waals surface area contributed by atoms with Gasteiger partial charge in [0.05, 0.1) is 18.4 Å². The van der Waals surface area contributed by atoms with Crippen LogP contribution in [0.3, 0.4) is 0 Å². The van der Waals surface area contributed by atoms with Crippen LogP contribution in [0.5, 0.6) is 0 Å². The second-order valence-electron chi connectivity index (χ2n) is 5.28. The molecule has 120 valence electrons. The molecule has 0 aliphatic carbocycles. The van der Waals surface area contributed by atoms with Gasteiger partial charge in [0.1, 0.15) is 17.7 Å². The molecule has 1 atom stereocenters. The van der Waals surface area contributed by atoms with Gasteiger partial charge in [-0.25, -0.2) is 4.39 Å². The molecule has 1 aliphatic rings. The summed E-state index contributed by atoms with van der Waals surface area (Å²) in [6.45, 7) is -0.0976. The van der Waals surface area contributed by atoms with E-state index in [-0.39, 0.29) is 18.0 Å². The van der Waals surface area contributed by atoms with E-state index in [2.05, 4.69) is 10.6 Å². The number of benzene rings is 1. The fraction of sp³-hybridized carbons (Fsp3) is 0.250. The number of amides is 2. The molecule has 1 aromatic carbocycles. The van der Waals surface area contributed by atoms with Crippen molar-refractivity contribution in [3.63, 3.8) is 0 Å². The monoisotopic (exact) mass is 318 g/mol. The highest BCUT2D eigenvalue weighted by molar-refractivity contribution is 5.98. The summed E-state index contributed by atoms with van der Waals surface area (Å²) in [4.78, 5) is 23.4. The van der Waals surface area contributed by atoms with Gasteiger partial charge in [-0.05, 0) is 36.2 Å². The van der Waals surface area contributed by atoms with Crippen LogP contribution in [0.1, 0.15) is 34.2 Å². The van der Waals surface area contributed by atoms with Gasteiger partial charge in [-0.15, -0.1) is 0 Å². The van der Waals surface area contributed by atoms with E-state index < -0.39 is 17.8 Å². The predicted octanol–water partition coefficient (Wildman–Crippen LogP) is 1.77. The zero-order valence-corrected chi connectivity index (χ0v) is 12.1. The third kappa shape index (κ3) is 3.24. The van der Waals surface area contributed by atoms with Gasteiger partial charge in [-0.1, -0.05) is 0 Å². The van der Waals surface area contributed by atoms with Crippen LogP contribution in [0.25, 0.3) is 0 Å². The molecule has 1 unspecified atom stereocenters. The van der Waals surface area contributed by atoms with Gasteiger partial charge < -0.3 is 20.2 Å². The van der Waals surface area contributed by atoms with Crippen molar-refractivity contribution in [3.05, 3.63) is 53.2 Å². The van der Waals surface area contributed by atoms with E-state index >= 15 is 0 Å². The summed E-state index contributed by atoms with van der Waals surface area (Å²) < 4.78 is 19.1. The molecule has 23 heavy (non-hydrogen) atoms. The number of hydrogen-bond donors (Lipinski definition) is 3. The largest absolute Gasteiger partial charge is 0.467 e. The summed E-state index contributed by atoms with van der Waals surface area (Å²) >= 11 is 0. The Labute approximate surface area is 131 Å². The Kier molecular flexibility index (Phi) is 4.12. The van der Waals surface area contributed by atoms with Crippen LogP contribution >= 0.6 is 0 Å². The van der Waals surface area contributed by atoms with Crippen molar-refractivity contribution in [2.45, 2.75) is 18.9 Å². The Balaban J connectivity index is 1.71. The van der Waals surface area contributed by atoms with E-state index in [1.165, 1.54) is 12.3 Å². The maximum absolute atomic E-state index is 14.1. The average molecular weight is 318 g/mol. The third-order valence-electron chi connectivity index (χ3n) is 3.66. The van der Waals surface area contributed by atoms with Crippen molar-refractivity contribution in [1.82, 2.24) is 5.32 Å². The number of aliphatic hydroxyl groups excluding tert-OH is 1. The average Bonchev–Trinajstić information content (AvgIpc) is 3.06. The second-order valence-corrected chi connectivity index (χ2v) is 5.28. The molecule has 1 aromatic heterocycles. The molecular formula is C16H15FN2O4. The number of furan rings is 1. The summed E-state index contributed by atoms with van der Waals surface area (Å²) in [5, 5.41) is 14.9. The maximum atomic E-state index is 14.1. The van der Waals surface area contributed by atoms with E-state index in [4.69, 9.17) is 4.42 Å². The molecule has 6 nitrogen and oxygen atoms in total. The number of fused-ring (bicyclic) bond motifs is 1. The van der Waals surface area contributed by atoms with Crippen molar-refractivity contribution in [1.29, 1.82) is 0 Å². The highest BCUT2D eigenvalue weighted by Crippen LogP contribution is 2.26. The first-order valence-electron chi connectivity index (χ1n) is 7.16. The molecule has 7 heteroatoms. The molecule has 0 saturated carbocycles. The Morgan fingerprint density at radius 1 is 1.43 bits per heavy atom. The molecule has 0 saturated heterocycles. The minimum absolute atomic E-state index is 0.0976. The summed E-state index contributed by atoms with van der Waals surface area (Å²) in [6.07, 6.45) is 1.17. The quantitative estimate of drug-likeness (QED) is 0.801. The minimum atomic E-state index is -1.01. The van der Waals surface area contributed by atoms with Crippen molar-refractivity contribution in [2.75, 3.05) is 11.9 Å². The fourth-order valence-corrected chi connectivity index (χ4v) is 2.44. The van der Waals surface area contributed by atoms with E-state index in [1.807, 2.05) is 0 Å². The normalized spacial score (nSPS) is 14.8. The topological polar surface area (TPSA) is 91.6 Å². The fourth-order valence-electron chi connectivity index (χ4n) is 2.44. The molecule has 2 aromatic rings. The molecule has 1 aliphatic heterocycles. The maximum Gasteiger partial charge on any atom is 0.254 e. The Hall–Kier alpha value is -2.67. The van der Waals surface area contributed by atoms with Crippen LogP contribution in [-0.4, -0.2) is 23.5 Å². The first-order chi connectivity index (χ1) is 11.0. The van der Waals surface area contributed by atoms with Crippen molar-refractivity contribution < 1.29 is 23.5 Å². The van der Waals surface area contributed by atoms with E-state index in [1.54, 1.807) is 12.1 Å². The lowest BCUT2D eigenvalue weighted by Crippen LogP contribution is -2.29. The van der Waals surface area contributed by atoms with Crippen molar-refractivity contribution >= 4 is 17.5 Å². The first kappa shape index (κ1) is 15.2. The minimum Gasteiger partial charge on any atom is -0.467 e. The van der Waals surface area contributed by atoms with Crippen molar-refractivity contribution in [2.24, 2.45) is 0 Å². The van der Waals surface area contributed by atoms with Gasteiger partial charge in [0.2, 0.25) is 5.91 Å². The number of anilines is 1. The van der Waals surface area contributed by atoms with Crippen LogP contribution < -0.4 is 10.6 Å². The summed E-state index contributed by atoms with van der Waals surface area (Å²) in [5.41, 5.74) is 0.986. The van der Waals surface area contributed by atoms with Gasteiger partial charge in [0.15, 0.2) is 0 Å². The van der Waals surface area contributed by atoms with Crippen LogP contribution in [0.15, 0.2) is 34.9 Å². The number of halogens is 1. The number of aryl methyl sites for hydroxylation is 1. The molecule has 2 heterocycles. The lowest BCUT2D eigenvalue weighted by molar-refractivity contribution is -0.116. The summed E-state index contributed by atoms with van der Waals surface area (Å²) in [6, 6.07) is 5.78. The molecule has 3 rings (SSSR count). The Morgan fingerprint density at radius 2 is 2.26 bits per heavy atom. The lowest BCUT2D eigenvalue weighted by atomic mass is 9.99. The number of carbonyl (C=O) groups is 2. The van der Waals surface area contributed by atoms with Crippen LogP contribution in [0.2, 0.25) is 0 Å². The van der Waals surface area contributed by atoms with Crippen LogP contribution in [0.4, 0.5) is 10.1 Å². The smallest absolute Gasteiger partial charge is 0.254 e. The zero-order chi connectivity index (χ0) is 16.4. The lowest BCUT2D eigenvalue weighted by Gasteiger charge is -2.18. The van der Waals surface area contributed by atoms with Gasteiger partial charge in [-0.3, -0.25) is 9.59 Å². The van der Waals surface area contributed by atoms with Crippen LogP contribution in [0, 0.1) is 5.82 Å².